The number of nitrogens with one attached hydrogen (secondary N) is 1. The quantitative estimate of drug-likeness (QED) is 0.747. The lowest BCUT2D eigenvalue weighted by Gasteiger charge is -2.16. The molecule has 0 spiro atoms. The van der Waals surface area contributed by atoms with E-state index in [2.05, 4.69) is 10.3 Å². The van der Waals surface area contributed by atoms with Crippen molar-refractivity contribution in [3.05, 3.63) is 23.9 Å². The maximum atomic E-state index is 12.1. The first-order valence-corrected chi connectivity index (χ1v) is 8.42. The van der Waals surface area contributed by atoms with Gasteiger partial charge >= 0.3 is 5.97 Å². The zero-order valence-corrected chi connectivity index (χ0v) is 14.3. The van der Waals surface area contributed by atoms with Crippen LogP contribution in [-0.2, 0) is 14.8 Å². The van der Waals surface area contributed by atoms with E-state index in [0.29, 0.717) is 6.42 Å². The van der Waals surface area contributed by atoms with E-state index in [1.165, 1.54) is 26.2 Å². The molecule has 0 unspecified atom stereocenters. The Hall–Kier alpha value is -2.00. The highest BCUT2D eigenvalue weighted by molar-refractivity contribution is 7.89. The van der Waals surface area contributed by atoms with Gasteiger partial charge in [-0.05, 0) is 24.5 Å². The summed E-state index contributed by atoms with van der Waals surface area (Å²) in [6.45, 7) is 3.70. The van der Waals surface area contributed by atoms with Gasteiger partial charge in [0.25, 0.3) is 15.9 Å². The highest BCUT2D eigenvalue weighted by atomic mass is 32.2. The summed E-state index contributed by atoms with van der Waals surface area (Å²) in [5, 5.41) is 11.3. The molecule has 8 nitrogen and oxygen atoms in total. The van der Waals surface area contributed by atoms with Crippen molar-refractivity contribution in [1.29, 1.82) is 0 Å². The topological polar surface area (TPSA) is 117 Å². The average molecular weight is 343 g/mol. The Balaban J connectivity index is 2.91. The fraction of sp³-hybridized carbons (Fsp3) is 0.500. The molecule has 0 aliphatic heterocycles. The smallest absolute Gasteiger partial charge is 0.326 e. The lowest BCUT2D eigenvalue weighted by molar-refractivity contribution is -0.139. The number of carboxylic acids is 1. The third-order valence-corrected chi connectivity index (χ3v) is 4.79. The van der Waals surface area contributed by atoms with Crippen molar-refractivity contribution in [1.82, 2.24) is 14.6 Å². The minimum atomic E-state index is -3.68. The molecule has 2 N–H and O–H groups in total. The Morgan fingerprint density at radius 2 is 1.91 bits per heavy atom. The second-order valence-electron chi connectivity index (χ2n) is 5.67. The summed E-state index contributed by atoms with van der Waals surface area (Å²) >= 11 is 0. The number of aliphatic carboxylic acids is 1. The van der Waals surface area contributed by atoms with E-state index >= 15 is 0 Å². The van der Waals surface area contributed by atoms with Gasteiger partial charge in [0.2, 0.25) is 0 Å². The number of hydrogen-bond acceptors (Lipinski definition) is 5. The SMILES string of the molecule is CC(C)C[C@@H](NC(=O)c1ccc(S(=O)(=O)N(C)C)nc1)C(=O)O. The van der Waals surface area contributed by atoms with Crippen LogP contribution in [0.2, 0.25) is 0 Å². The standard InChI is InChI=1S/C14H21N3O5S/c1-9(2)7-11(14(19)20)16-13(18)10-5-6-12(15-8-10)23(21,22)17(3)4/h5-6,8-9,11H,7H2,1-4H3,(H,16,18)(H,19,20)/t11-/m1/s1. The Bertz CT molecular complexity index is 668. The number of hydrogen-bond donors (Lipinski definition) is 2. The highest BCUT2D eigenvalue weighted by Gasteiger charge is 2.23. The van der Waals surface area contributed by atoms with Crippen molar-refractivity contribution in [3.8, 4) is 0 Å². The summed E-state index contributed by atoms with van der Waals surface area (Å²) in [6.07, 6.45) is 1.40. The molecular weight excluding hydrogens is 322 g/mol. The van der Waals surface area contributed by atoms with Crippen LogP contribution in [0.25, 0.3) is 0 Å². The lowest BCUT2D eigenvalue weighted by atomic mass is 10.0. The number of aromatic nitrogens is 1. The number of amides is 1. The summed E-state index contributed by atoms with van der Waals surface area (Å²) < 4.78 is 24.8. The van der Waals surface area contributed by atoms with Crippen LogP contribution in [0, 0.1) is 5.92 Å². The second kappa shape index (κ2) is 7.51. The molecule has 1 atom stereocenters. The third kappa shape index (κ3) is 5.00. The molecule has 0 saturated carbocycles. The highest BCUT2D eigenvalue weighted by Crippen LogP contribution is 2.11. The van der Waals surface area contributed by atoms with Gasteiger partial charge < -0.3 is 10.4 Å². The summed E-state index contributed by atoms with van der Waals surface area (Å²) in [6, 6.07) is 1.50. The van der Waals surface area contributed by atoms with Gasteiger partial charge in [-0.1, -0.05) is 13.8 Å². The first kappa shape index (κ1) is 19.0. The Kier molecular flexibility index (Phi) is 6.22. The van der Waals surface area contributed by atoms with Crippen LogP contribution >= 0.6 is 0 Å². The molecule has 0 bridgehead atoms. The van der Waals surface area contributed by atoms with Crippen LogP contribution in [0.4, 0.5) is 0 Å². The van der Waals surface area contributed by atoms with Crippen molar-refractivity contribution in [2.45, 2.75) is 31.3 Å². The molecule has 0 aromatic carbocycles. The van der Waals surface area contributed by atoms with E-state index in [0.717, 1.165) is 10.5 Å². The van der Waals surface area contributed by atoms with E-state index in [9.17, 15) is 18.0 Å². The largest absolute Gasteiger partial charge is 0.480 e. The second-order valence-corrected chi connectivity index (χ2v) is 7.77. The fourth-order valence-corrected chi connectivity index (χ4v) is 2.59. The number of carbonyl (C=O) groups is 2. The van der Waals surface area contributed by atoms with Gasteiger partial charge in [0, 0.05) is 20.3 Å². The van der Waals surface area contributed by atoms with Gasteiger partial charge in [-0.3, -0.25) is 4.79 Å². The number of rotatable bonds is 7. The van der Waals surface area contributed by atoms with E-state index in [4.69, 9.17) is 5.11 Å². The Labute approximate surface area is 135 Å². The number of carbonyl (C=O) groups excluding carboxylic acids is 1. The summed E-state index contributed by atoms with van der Waals surface area (Å²) in [4.78, 5) is 27.0. The molecule has 23 heavy (non-hydrogen) atoms. The van der Waals surface area contributed by atoms with Crippen LogP contribution in [0.3, 0.4) is 0 Å². The summed E-state index contributed by atoms with van der Waals surface area (Å²) in [7, 11) is -0.923. The normalized spacial score (nSPS) is 13.1. The van der Waals surface area contributed by atoms with Crippen molar-refractivity contribution < 1.29 is 23.1 Å². The average Bonchev–Trinajstić information content (AvgIpc) is 2.45. The maximum absolute atomic E-state index is 12.1. The zero-order chi connectivity index (χ0) is 17.8. The molecule has 0 aliphatic rings. The molecule has 0 fully saturated rings. The molecular formula is C14H21N3O5S. The predicted molar refractivity (Wildman–Crippen MR) is 83.5 cm³/mol. The lowest BCUT2D eigenvalue weighted by Crippen LogP contribution is -2.41. The van der Waals surface area contributed by atoms with Crippen molar-refractivity contribution in [3.63, 3.8) is 0 Å². The number of carboxylic acid groups (broad SMARTS) is 1. The number of nitrogens with zero attached hydrogens (tertiary/aromatic N) is 2. The summed E-state index contributed by atoms with van der Waals surface area (Å²) in [5.41, 5.74) is 0.0951. The van der Waals surface area contributed by atoms with Gasteiger partial charge in [0.1, 0.15) is 6.04 Å². The van der Waals surface area contributed by atoms with Crippen LogP contribution in [-0.4, -0.2) is 54.8 Å². The molecule has 1 aromatic rings. The first-order valence-electron chi connectivity index (χ1n) is 6.98. The van der Waals surface area contributed by atoms with Crippen LogP contribution < -0.4 is 5.32 Å². The van der Waals surface area contributed by atoms with Gasteiger partial charge in [-0.25, -0.2) is 22.5 Å². The van der Waals surface area contributed by atoms with Crippen molar-refractivity contribution in [2.24, 2.45) is 5.92 Å². The fourth-order valence-electron chi connectivity index (χ4n) is 1.79. The zero-order valence-electron chi connectivity index (χ0n) is 13.5. The van der Waals surface area contributed by atoms with E-state index in [1.54, 1.807) is 0 Å². The van der Waals surface area contributed by atoms with Gasteiger partial charge in [0.15, 0.2) is 5.03 Å². The van der Waals surface area contributed by atoms with Gasteiger partial charge in [0.05, 0.1) is 5.56 Å². The Morgan fingerprint density at radius 3 is 2.30 bits per heavy atom. The monoisotopic (exact) mass is 343 g/mol. The summed E-state index contributed by atoms with van der Waals surface area (Å²) in [5.74, 6) is -1.63. The van der Waals surface area contributed by atoms with Gasteiger partial charge in [-0.15, -0.1) is 0 Å². The maximum Gasteiger partial charge on any atom is 0.326 e. The minimum Gasteiger partial charge on any atom is -0.480 e. The molecule has 0 saturated heterocycles. The molecule has 1 heterocycles. The molecule has 0 aliphatic carbocycles. The number of pyridine rings is 1. The van der Waals surface area contributed by atoms with Crippen molar-refractivity contribution >= 4 is 21.9 Å². The predicted octanol–water partition coefficient (Wildman–Crippen LogP) is 0.561. The molecule has 1 aromatic heterocycles. The van der Waals surface area contributed by atoms with E-state index in [1.807, 2.05) is 13.8 Å². The minimum absolute atomic E-state index is 0.0951. The third-order valence-electron chi connectivity index (χ3n) is 3.05. The Morgan fingerprint density at radius 1 is 1.30 bits per heavy atom. The molecule has 9 heteroatoms. The molecule has 128 valence electrons. The van der Waals surface area contributed by atoms with E-state index < -0.39 is 27.9 Å². The molecule has 1 amide bonds. The molecule has 1 rings (SSSR count). The van der Waals surface area contributed by atoms with Crippen molar-refractivity contribution in [2.75, 3.05) is 14.1 Å². The number of sulfonamides is 1. The van der Waals surface area contributed by atoms with Crippen LogP contribution in [0.1, 0.15) is 30.6 Å². The van der Waals surface area contributed by atoms with E-state index in [-0.39, 0.29) is 16.5 Å². The molecule has 0 radical (unpaired) electrons. The van der Waals surface area contributed by atoms with Gasteiger partial charge in [-0.2, -0.15) is 0 Å². The van der Waals surface area contributed by atoms with Crippen LogP contribution in [0.5, 0.6) is 0 Å². The van der Waals surface area contributed by atoms with Crippen LogP contribution in [0.15, 0.2) is 23.4 Å². The first-order chi connectivity index (χ1) is 10.6.